The molecule has 8 nitrogen and oxygen atoms in total. The Kier molecular flexibility index (Phi) is 5.55. The van der Waals surface area contributed by atoms with Gasteiger partial charge in [0.1, 0.15) is 5.75 Å². The molecule has 1 aromatic heterocycles. The summed E-state index contributed by atoms with van der Waals surface area (Å²) < 4.78 is 24.0. The summed E-state index contributed by atoms with van der Waals surface area (Å²) in [5.74, 6) is -0.426. The fourth-order valence-electron chi connectivity index (χ4n) is 2.40. The van der Waals surface area contributed by atoms with E-state index in [4.69, 9.17) is 0 Å². The minimum atomic E-state index is -3.47. The van der Waals surface area contributed by atoms with Crippen LogP contribution in [-0.2, 0) is 9.84 Å². The average Bonchev–Trinajstić information content (AvgIpc) is 2.70. The normalized spacial score (nSPS) is 11.0. The second-order valence-electron chi connectivity index (χ2n) is 5.81. The maximum absolute atomic E-state index is 12.6. The van der Waals surface area contributed by atoms with E-state index < -0.39 is 15.7 Å². The van der Waals surface area contributed by atoms with Crippen LogP contribution < -0.4 is 10.6 Å². The van der Waals surface area contributed by atoms with Crippen LogP contribution in [0.2, 0.25) is 0 Å². The molecule has 0 aliphatic rings. The third kappa shape index (κ3) is 4.44. The van der Waals surface area contributed by atoms with E-state index >= 15 is 0 Å². The Bertz CT molecular complexity index is 1100. The molecule has 144 valence electrons. The van der Waals surface area contributed by atoms with Gasteiger partial charge in [-0.2, -0.15) is 0 Å². The molecule has 0 saturated heterocycles. The first-order chi connectivity index (χ1) is 13.4. The molecular formula is C19H18N4O4S. The lowest BCUT2D eigenvalue weighted by Gasteiger charge is -2.11. The van der Waals surface area contributed by atoms with Crippen molar-refractivity contribution in [3.63, 3.8) is 0 Å². The molecule has 0 fully saturated rings. The SMILES string of the molecule is CCS(=O)(=O)c1ccc(O)c(NC(=O)c2cccc(Nc3ncccn3)c2)c1. The number of hydrogen-bond acceptors (Lipinski definition) is 7. The highest BCUT2D eigenvalue weighted by atomic mass is 32.2. The molecule has 9 heteroatoms. The molecule has 0 aliphatic carbocycles. The zero-order valence-electron chi connectivity index (χ0n) is 15.0. The van der Waals surface area contributed by atoms with Gasteiger partial charge in [-0.05, 0) is 42.5 Å². The number of nitrogens with zero attached hydrogens (tertiary/aromatic N) is 2. The number of aromatic nitrogens is 2. The topological polar surface area (TPSA) is 121 Å². The summed E-state index contributed by atoms with van der Waals surface area (Å²) >= 11 is 0. The zero-order valence-corrected chi connectivity index (χ0v) is 15.8. The highest BCUT2D eigenvalue weighted by Gasteiger charge is 2.16. The number of carbonyl (C=O) groups is 1. The molecule has 0 aliphatic heterocycles. The van der Waals surface area contributed by atoms with Gasteiger partial charge in [0.2, 0.25) is 5.95 Å². The van der Waals surface area contributed by atoms with Crippen molar-refractivity contribution in [2.75, 3.05) is 16.4 Å². The number of phenols is 1. The van der Waals surface area contributed by atoms with Crippen LogP contribution in [0.25, 0.3) is 0 Å². The number of aromatic hydroxyl groups is 1. The van der Waals surface area contributed by atoms with Crippen molar-refractivity contribution < 1.29 is 18.3 Å². The number of phenolic OH excluding ortho intramolecular Hbond substituents is 1. The van der Waals surface area contributed by atoms with Gasteiger partial charge in [0.05, 0.1) is 16.3 Å². The maximum Gasteiger partial charge on any atom is 0.255 e. The van der Waals surface area contributed by atoms with Crippen LogP contribution in [0.15, 0.2) is 65.8 Å². The number of rotatable bonds is 6. The third-order valence-electron chi connectivity index (χ3n) is 3.90. The molecule has 3 rings (SSSR count). The Balaban J connectivity index is 1.82. The van der Waals surface area contributed by atoms with Gasteiger partial charge in [0, 0.05) is 23.6 Å². The first kappa shape index (κ1) is 19.3. The van der Waals surface area contributed by atoms with Crippen LogP contribution in [0.4, 0.5) is 17.3 Å². The van der Waals surface area contributed by atoms with Crippen LogP contribution in [-0.4, -0.2) is 35.2 Å². The Labute approximate surface area is 162 Å². The lowest BCUT2D eigenvalue weighted by molar-refractivity contribution is 0.102. The van der Waals surface area contributed by atoms with Gasteiger partial charge in [-0.1, -0.05) is 13.0 Å². The van der Waals surface area contributed by atoms with E-state index in [1.54, 1.807) is 42.7 Å². The van der Waals surface area contributed by atoms with Crippen molar-refractivity contribution in [1.82, 2.24) is 9.97 Å². The molecule has 0 bridgehead atoms. The maximum atomic E-state index is 12.6. The van der Waals surface area contributed by atoms with E-state index in [0.29, 0.717) is 17.2 Å². The molecule has 0 radical (unpaired) electrons. The first-order valence-corrected chi connectivity index (χ1v) is 10.1. The molecule has 2 aromatic carbocycles. The monoisotopic (exact) mass is 398 g/mol. The van der Waals surface area contributed by atoms with E-state index in [0.717, 1.165) is 0 Å². The van der Waals surface area contributed by atoms with Crippen LogP contribution in [0.5, 0.6) is 5.75 Å². The predicted molar refractivity (Wildman–Crippen MR) is 106 cm³/mol. The molecule has 1 amide bonds. The van der Waals surface area contributed by atoms with Crippen LogP contribution in [0.3, 0.4) is 0 Å². The highest BCUT2D eigenvalue weighted by Crippen LogP contribution is 2.27. The minimum Gasteiger partial charge on any atom is -0.506 e. The summed E-state index contributed by atoms with van der Waals surface area (Å²) in [6.07, 6.45) is 3.18. The van der Waals surface area contributed by atoms with Gasteiger partial charge in [0.25, 0.3) is 5.91 Å². The average molecular weight is 398 g/mol. The van der Waals surface area contributed by atoms with Crippen molar-refractivity contribution in [1.29, 1.82) is 0 Å². The molecule has 28 heavy (non-hydrogen) atoms. The van der Waals surface area contributed by atoms with E-state index in [2.05, 4.69) is 20.6 Å². The Morgan fingerprint density at radius 3 is 2.54 bits per heavy atom. The van der Waals surface area contributed by atoms with Crippen LogP contribution >= 0.6 is 0 Å². The number of nitrogens with one attached hydrogen (secondary N) is 2. The van der Waals surface area contributed by atoms with E-state index in [-0.39, 0.29) is 22.1 Å². The summed E-state index contributed by atoms with van der Waals surface area (Å²) in [7, 11) is -3.47. The quantitative estimate of drug-likeness (QED) is 0.546. The number of benzene rings is 2. The molecule has 0 atom stereocenters. The zero-order chi connectivity index (χ0) is 20.1. The summed E-state index contributed by atoms with van der Waals surface area (Å²) in [4.78, 5) is 20.7. The fourth-order valence-corrected chi connectivity index (χ4v) is 3.31. The van der Waals surface area contributed by atoms with Crippen molar-refractivity contribution >= 4 is 33.1 Å². The molecule has 0 spiro atoms. The second kappa shape index (κ2) is 8.05. The van der Waals surface area contributed by atoms with Gasteiger partial charge in [-0.25, -0.2) is 18.4 Å². The third-order valence-corrected chi connectivity index (χ3v) is 5.63. The van der Waals surface area contributed by atoms with Crippen molar-refractivity contribution in [2.24, 2.45) is 0 Å². The summed E-state index contributed by atoms with van der Waals surface area (Å²) in [6, 6.07) is 12.1. The molecule has 3 N–H and O–H groups in total. The summed E-state index contributed by atoms with van der Waals surface area (Å²) in [6.45, 7) is 1.52. The molecule has 1 heterocycles. The number of amides is 1. The smallest absolute Gasteiger partial charge is 0.255 e. The number of carbonyl (C=O) groups excluding carboxylic acids is 1. The van der Waals surface area contributed by atoms with Crippen molar-refractivity contribution in [3.8, 4) is 5.75 Å². The fraction of sp³-hybridized carbons (Fsp3) is 0.105. The number of anilines is 3. The Morgan fingerprint density at radius 1 is 1.07 bits per heavy atom. The Hall–Kier alpha value is -3.46. The van der Waals surface area contributed by atoms with Crippen LogP contribution in [0.1, 0.15) is 17.3 Å². The molecule has 0 saturated carbocycles. The van der Waals surface area contributed by atoms with Gasteiger partial charge in [0.15, 0.2) is 9.84 Å². The molecular weight excluding hydrogens is 380 g/mol. The van der Waals surface area contributed by atoms with E-state index in [1.165, 1.54) is 25.1 Å². The predicted octanol–water partition coefficient (Wildman–Crippen LogP) is 2.97. The van der Waals surface area contributed by atoms with Crippen LogP contribution in [0, 0.1) is 0 Å². The standard InChI is InChI=1S/C19H18N4O4S/c1-2-28(26,27)15-7-8-17(24)16(12-15)23-18(25)13-5-3-6-14(11-13)22-19-20-9-4-10-21-19/h3-12,24H,2H2,1H3,(H,23,25)(H,20,21,22). The second-order valence-corrected chi connectivity index (χ2v) is 8.09. The minimum absolute atomic E-state index is 0.0179. The number of sulfone groups is 1. The summed E-state index contributed by atoms with van der Waals surface area (Å²) in [5, 5.41) is 15.5. The van der Waals surface area contributed by atoms with Gasteiger partial charge < -0.3 is 15.7 Å². The van der Waals surface area contributed by atoms with Gasteiger partial charge >= 0.3 is 0 Å². The molecule has 3 aromatic rings. The largest absolute Gasteiger partial charge is 0.506 e. The molecule has 0 unspecified atom stereocenters. The summed E-state index contributed by atoms with van der Waals surface area (Å²) in [5.41, 5.74) is 0.929. The van der Waals surface area contributed by atoms with Gasteiger partial charge in [-0.3, -0.25) is 4.79 Å². The van der Waals surface area contributed by atoms with Crippen molar-refractivity contribution in [3.05, 3.63) is 66.5 Å². The lowest BCUT2D eigenvalue weighted by Crippen LogP contribution is -2.13. The Morgan fingerprint density at radius 2 is 1.82 bits per heavy atom. The van der Waals surface area contributed by atoms with Crippen molar-refractivity contribution in [2.45, 2.75) is 11.8 Å². The number of hydrogen-bond donors (Lipinski definition) is 3. The van der Waals surface area contributed by atoms with E-state index in [1.807, 2.05) is 0 Å². The lowest BCUT2D eigenvalue weighted by atomic mass is 10.2. The first-order valence-electron chi connectivity index (χ1n) is 8.40. The van der Waals surface area contributed by atoms with E-state index in [9.17, 15) is 18.3 Å². The highest BCUT2D eigenvalue weighted by molar-refractivity contribution is 7.91. The van der Waals surface area contributed by atoms with Gasteiger partial charge in [-0.15, -0.1) is 0 Å².